The van der Waals surface area contributed by atoms with Crippen LogP contribution in [0.2, 0.25) is 0 Å². The molecule has 0 radical (unpaired) electrons. The first-order valence-electron chi connectivity index (χ1n) is 7.70. The minimum absolute atomic E-state index is 0.436. The maximum atomic E-state index is 10.3. The molecule has 0 amide bonds. The van der Waals surface area contributed by atoms with E-state index in [1.807, 2.05) is 24.3 Å². The molecule has 1 aromatic carbocycles. The van der Waals surface area contributed by atoms with Crippen molar-refractivity contribution in [2.24, 2.45) is 5.92 Å². The van der Waals surface area contributed by atoms with E-state index in [0.29, 0.717) is 12.5 Å². The van der Waals surface area contributed by atoms with Gasteiger partial charge in [-0.2, -0.15) is 0 Å². The van der Waals surface area contributed by atoms with Gasteiger partial charge in [0, 0.05) is 13.1 Å². The van der Waals surface area contributed by atoms with Gasteiger partial charge in [0.2, 0.25) is 0 Å². The van der Waals surface area contributed by atoms with Gasteiger partial charge in [-0.05, 0) is 36.6 Å². The average Bonchev–Trinajstić information content (AvgIpc) is 2.44. The van der Waals surface area contributed by atoms with Crippen LogP contribution in [0.1, 0.15) is 45.8 Å². The number of hydrogen-bond donors (Lipinski definition) is 1. The van der Waals surface area contributed by atoms with E-state index in [4.69, 9.17) is 4.74 Å². The summed E-state index contributed by atoms with van der Waals surface area (Å²) in [6.07, 6.45) is 0.569. The van der Waals surface area contributed by atoms with Crippen LogP contribution in [0.25, 0.3) is 0 Å². The van der Waals surface area contributed by atoms with Crippen molar-refractivity contribution in [2.45, 2.75) is 40.2 Å². The summed E-state index contributed by atoms with van der Waals surface area (Å²) in [4.78, 5) is 2.29. The molecule has 0 fully saturated rings. The number of rotatable bonds is 9. The fraction of sp³-hybridized carbons (Fsp3) is 0.647. The van der Waals surface area contributed by atoms with Crippen LogP contribution in [0.4, 0.5) is 0 Å². The normalized spacial score (nSPS) is 12.9. The van der Waals surface area contributed by atoms with Gasteiger partial charge >= 0.3 is 0 Å². The van der Waals surface area contributed by atoms with Crippen LogP contribution in [0, 0.1) is 5.92 Å². The van der Waals surface area contributed by atoms with E-state index in [-0.39, 0.29) is 0 Å². The summed E-state index contributed by atoms with van der Waals surface area (Å²) in [5, 5.41) is 10.3. The molecule has 1 atom stereocenters. The van der Waals surface area contributed by atoms with Gasteiger partial charge in [0.1, 0.15) is 5.75 Å². The fourth-order valence-corrected chi connectivity index (χ4v) is 2.21. The lowest BCUT2D eigenvalue weighted by Gasteiger charge is -2.25. The molecule has 114 valence electrons. The first kappa shape index (κ1) is 17.0. The van der Waals surface area contributed by atoms with Gasteiger partial charge in [0.15, 0.2) is 0 Å². The summed E-state index contributed by atoms with van der Waals surface area (Å²) in [5.41, 5.74) is 0.955. The number of aliphatic hydroxyl groups is 1. The van der Waals surface area contributed by atoms with Crippen LogP contribution in [-0.2, 0) is 0 Å². The monoisotopic (exact) mass is 279 g/mol. The molecule has 1 rings (SSSR count). The van der Waals surface area contributed by atoms with Gasteiger partial charge in [-0.1, -0.05) is 39.8 Å². The van der Waals surface area contributed by atoms with Crippen molar-refractivity contribution in [3.8, 4) is 5.75 Å². The topological polar surface area (TPSA) is 32.7 Å². The molecule has 0 saturated heterocycles. The van der Waals surface area contributed by atoms with Gasteiger partial charge in [-0.15, -0.1) is 0 Å². The summed E-state index contributed by atoms with van der Waals surface area (Å²) >= 11 is 0. The number of hydrogen-bond acceptors (Lipinski definition) is 3. The Morgan fingerprint density at radius 3 is 2.25 bits per heavy atom. The third kappa shape index (κ3) is 5.93. The van der Waals surface area contributed by atoms with E-state index in [1.165, 1.54) is 0 Å². The second kappa shape index (κ2) is 8.98. The molecule has 3 nitrogen and oxygen atoms in total. The Kier molecular flexibility index (Phi) is 7.63. The number of ether oxygens (including phenoxy) is 1. The van der Waals surface area contributed by atoms with Crippen LogP contribution in [0.3, 0.4) is 0 Å². The van der Waals surface area contributed by atoms with Crippen molar-refractivity contribution in [1.29, 1.82) is 0 Å². The molecule has 0 heterocycles. The molecule has 0 saturated carbocycles. The van der Waals surface area contributed by atoms with Crippen LogP contribution < -0.4 is 4.74 Å². The molecule has 0 aliphatic heterocycles. The molecular formula is C17H29NO2. The van der Waals surface area contributed by atoms with Crippen molar-refractivity contribution in [3.63, 3.8) is 0 Å². The number of aliphatic hydroxyl groups excluding tert-OH is 1. The largest absolute Gasteiger partial charge is 0.494 e. The highest BCUT2D eigenvalue weighted by Gasteiger charge is 2.13. The first-order valence-corrected chi connectivity index (χ1v) is 7.70. The van der Waals surface area contributed by atoms with Crippen LogP contribution >= 0.6 is 0 Å². The second-order valence-electron chi connectivity index (χ2n) is 5.68. The molecule has 1 aromatic rings. The highest BCUT2D eigenvalue weighted by molar-refractivity contribution is 5.28. The predicted octanol–water partition coefficient (Wildman–Crippen LogP) is 3.49. The minimum Gasteiger partial charge on any atom is -0.494 e. The standard InChI is InChI=1S/C17H29NO2/c1-5-11-20-16-9-7-15(8-10-16)17(19)13-18(6-2)12-14(3)4/h7-10,14,17,19H,5-6,11-13H2,1-4H3. The molecule has 0 bridgehead atoms. The Balaban J connectivity index is 2.55. The quantitative estimate of drug-likeness (QED) is 0.751. The average molecular weight is 279 g/mol. The van der Waals surface area contributed by atoms with E-state index in [0.717, 1.165) is 37.4 Å². The first-order chi connectivity index (χ1) is 9.56. The Morgan fingerprint density at radius 2 is 1.75 bits per heavy atom. The molecule has 20 heavy (non-hydrogen) atoms. The van der Waals surface area contributed by atoms with E-state index < -0.39 is 6.10 Å². The lowest BCUT2D eigenvalue weighted by molar-refractivity contribution is 0.109. The molecular weight excluding hydrogens is 250 g/mol. The maximum absolute atomic E-state index is 10.3. The highest BCUT2D eigenvalue weighted by Crippen LogP contribution is 2.19. The molecule has 0 spiro atoms. The lowest BCUT2D eigenvalue weighted by atomic mass is 10.1. The minimum atomic E-state index is -0.436. The lowest BCUT2D eigenvalue weighted by Crippen LogP contribution is -2.31. The second-order valence-corrected chi connectivity index (χ2v) is 5.68. The van der Waals surface area contributed by atoms with E-state index in [1.54, 1.807) is 0 Å². The third-order valence-corrected chi connectivity index (χ3v) is 3.24. The van der Waals surface area contributed by atoms with Crippen LogP contribution in [0.5, 0.6) is 5.75 Å². The number of likely N-dealkylation sites (N-methyl/N-ethyl adjacent to an activating group) is 1. The zero-order valence-corrected chi connectivity index (χ0v) is 13.3. The van der Waals surface area contributed by atoms with E-state index in [9.17, 15) is 5.11 Å². The zero-order chi connectivity index (χ0) is 15.0. The highest BCUT2D eigenvalue weighted by atomic mass is 16.5. The van der Waals surface area contributed by atoms with Crippen molar-refractivity contribution in [1.82, 2.24) is 4.90 Å². The summed E-state index contributed by atoms with van der Waals surface area (Å²) in [6.45, 7) is 12.0. The smallest absolute Gasteiger partial charge is 0.119 e. The van der Waals surface area contributed by atoms with Crippen molar-refractivity contribution in [3.05, 3.63) is 29.8 Å². The number of nitrogens with zero attached hydrogens (tertiary/aromatic N) is 1. The van der Waals surface area contributed by atoms with Gasteiger partial charge in [0.25, 0.3) is 0 Å². The zero-order valence-electron chi connectivity index (χ0n) is 13.3. The Bertz CT molecular complexity index is 362. The van der Waals surface area contributed by atoms with E-state index in [2.05, 4.69) is 32.6 Å². The maximum Gasteiger partial charge on any atom is 0.119 e. The van der Waals surface area contributed by atoms with Gasteiger partial charge in [-0.3, -0.25) is 0 Å². The third-order valence-electron chi connectivity index (χ3n) is 3.24. The Labute approximate surface area is 123 Å². The van der Waals surface area contributed by atoms with Gasteiger partial charge < -0.3 is 14.7 Å². The molecule has 1 N–H and O–H groups in total. The van der Waals surface area contributed by atoms with Gasteiger partial charge in [0.05, 0.1) is 12.7 Å². The summed E-state index contributed by atoms with van der Waals surface area (Å²) in [5.74, 6) is 1.49. The molecule has 0 aliphatic rings. The molecule has 0 aliphatic carbocycles. The fourth-order valence-electron chi connectivity index (χ4n) is 2.21. The van der Waals surface area contributed by atoms with Crippen LogP contribution in [-0.4, -0.2) is 36.2 Å². The summed E-state index contributed by atoms with van der Waals surface area (Å²) in [7, 11) is 0. The van der Waals surface area contributed by atoms with Crippen molar-refractivity contribution < 1.29 is 9.84 Å². The van der Waals surface area contributed by atoms with E-state index >= 15 is 0 Å². The Hall–Kier alpha value is -1.06. The summed E-state index contributed by atoms with van der Waals surface area (Å²) < 4.78 is 5.55. The SMILES string of the molecule is CCCOc1ccc(C(O)CN(CC)CC(C)C)cc1. The van der Waals surface area contributed by atoms with Crippen molar-refractivity contribution in [2.75, 3.05) is 26.2 Å². The molecule has 1 unspecified atom stereocenters. The molecule has 0 aromatic heterocycles. The van der Waals surface area contributed by atoms with Crippen molar-refractivity contribution >= 4 is 0 Å². The molecule has 3 heteroatoms. The Morgan fingerprint density at radius 1 is 1.10 bits per heavy atom. The number of benzene rings is 1. The predicted molar refractivity (Wildman–Crippen MR) is 84.1 cm³/mol. The van der Waals surface area contributed by atoms with Crippen LogP contribution in [0.15, 0.2) is 24.3 Å². The van der Waals surface area contributed by atoms with Gasteiger partial charge in [-0.25, -0.2) is 0 Å². The summed E-state index contributed by atoms with van der Waals surface area (Å²) in [6, 6.07) is 7.79.